The zero-order valence-corrected chi connectivity index (χ0v) is 21.0. The number of hydrogen-bond acceptors (Lipinski definition) is 4. The van der Waals surface area contributed by atoms with E-state index >= 15 is 0 Å². The van der Waals surface area contributed by atoms with Gasteiger partial charge in [0, 0.05) is 58.0 Å². The standard InChI is InChI=1S/C15H17BrN2O.C9H5BrClN.CH4/c1-19-12-5-8-18(9-6-12)15-4-7-17-14-3-2-11(16)10-13(14)15;10-6-1-2-9-7(5-6)8(11)3-4-12-9;/h2-4,7,10,12H,5-6,8-9H2,1H3;1-5H;1H4. The predicted octanol–water partition coefficient (Wildman–Crippen LogP) is 7.90. The summed E-state index contributed by atoms with van der Waals surface area (Å²) < 4.78 is 7.55. The van der Waals surface area contributed by atoms with Gasteiger partial charge in [-0.1, -0.05) is 50.9 Å². The fourth-order valence-corrected chi connectivity index (χ4v) is 4.73. The van der Waals surface area contributed by atoms with Gasteiger partial charge in [0.25, 0.3) is 0 Å². The summed E-state index contributed by atoms with van der Waals surface area (Å²) in [5, 5.41) is 2.93. The lowest BCUT2D eigenvalue weighted by molar-refractivity contribution is 0.0819. The second-order valence-corrected chi connectivity index (χ2v) is 9.61. The Morgan fingerprint density at radius 3 is 2.06 bits per heavy atom. The summed E-state index contributed by atoms with van der Waals surface area (Å²) in [6, 6.07) is 16.0. The van der Waals surface area contributed by atoms with E-state index in [1.54, 1.807) is 19.4 Å². The first-order valence-electron chi connectivity index (χ1n) is 10.1. The van der Waals surface area contributed by atoms with Crippen LogP contribution in [0, 0.1) is 0 Å². The van der Waals surface area contributed by atoms with Crippen molar-refractivity contribution < 1.29 is 4.74 Å². The molecule has 4 aromatic rings. The van der Waals surface area contributed by atoms with E-state index in [1.807, 2.05) is 30.5 Å². The molecule has 0 bridgehead atoms. The Bertz CT molecular complexity index is 1200. The van der Waals surface area contributed by atoms with Crippen LogP contribution in [0.3, 0.4) is 0 Å². The number of nitrogens with zero attached hydrogens (tertiary/aromatic N) is 3. The van der Waals surface area contributed by atoms with Crippen molar-refractivity contribution in [1.82, 2.24) is 9.97 Å². The van der Waals surface area contributed by atoms with E-state index in [-0.39, 0.29) is 7.43 Å². The molecule has 0 saturated carbocycles. The first-order valence-corrected chi connectivity index (χ1v) is 12.0. The molecule has 2 aromatic heterocycles. The van der Waals surface area contributed by atoms with Crippen LogP contribution in [0.5, 0.6) is 0 Å². The highest BCUT2D eigenvalue weighted by Gasteiger charge is 2.20. The number of pyridine rings is 2. The summed E-state index contributed by atoms with van der Waals surface area (Å²) in [6.45, 7) is 2.09. The van der Waals surface area contributed by atoms with Crippen LogP contribution in [0.25, 0.3) is 21.8 Å². The normalized spacial score (nSPS) is 14.1. The van der Waals surface area contributed by atoms with Crippen molar-refractivity contribution in [3.05, 3.63) is 74.9 Å². The molecule has 0 amide bonds. The maximum atomic E-state index is 5.97. The van der Waals surface area contributed by atoms with Gasteiger partial charge in [0.1, 0.15) is 0 Å². The number of piperidine rings is 1. The number of anilines is 1. The maximum absolute atomic E-state index is 5.97. The first kappa shape index (κ1) is 24.9. The van der Waals surface area contributed by atoms with Crippen LogP contribution in [-0.4, -0.2) is 36.3 Å². The van der Waals surface area contributed by atoms with Gasteiger partial charge < -0.3 is 9.64 Å². The molecule has 0 unspecified atom stereocenters. The number of rotatable bonds is 2. The molecule has 5 rings (SSSR count). The third kappa shape index (κ3) is 5.79. The number of ether oxygens (including phenoxy) is 1. The second kappa shape index (κ2) is 11.4. The van der Waals surface area contributed by atoms with Crippen LogP contribution >= 0.6 is 43.5 Å². The molecule has 0 aliphatic carbocycles. The van der Waals surface area contributed by atoms with Gasteiger partial charge in [-0.2, -0.15) is 0 Å². The van der Waals surface area contributed by atoms with Crippen molar-refractivity contribution >= 4 is 71.0 Å². The molecular formula is C25H26Br2ClN3O. The zero-order valence-electron chi connectivity index (χ0n) is 17.1. The highest BCUT2D eigenvalue weighted by molar-refractivity contribution is 9.10. The van der Waals surface area contributed by atoms with Crippen LogP contribution in [0.15, 0.2) is 69.9 Å². The van der Waals surface area contributed by atoms with E-state index in [9.17, 15) is 0 Å². The Hall–Kier alpha value is -1.73. The molecule has 2 aromatic carbocycles. The Morgan fingerprint density at radius 1 is 0.875 bits per heavy atom. The van der Waals surface area contributed by atoms with E-state index in [0.29, 0.717) is 6.10 Å². The minimum atomic E-state index is 0. The molecule has 168 valence electrons. The minimum Gasteiger partial charge on any atom is -0.381 e. The number of hydrogen-bond donors (Lipinski definition) is 0. The molecule has 7 heteroatoms. The van der Waals surface area contributed by atoms with Gasteiger partial charge in [-0.05, 0) is 61.4 Å². The van der Waals surface area contributed by atoms with Gasteiger partial charge in [0.05, 0.1) is 22.2 Å². The quantitative estimate of drug-likeness (QED) is 0.242. The summed E-state index contributed by atoms with van der Waals surface area (Å²) >= 11 is 12.9. The van der Waals surface area contributed by atoms with Crippen molar-refractivity contribution in [2.45, 2.75) is 26.4 Å². The maximum Gasteiger partial charge on any atom is 0.0723 e. The van der Waals surface area contributed by atoms with Gasteiger partial charge in [0.15, 0.2) is 0 Å². The van der Waals surface area contributed by atoms with Crippen LogP contribution < -0.4 is 4.90 Å². The number of fused-ring (bicyclic) bond motifs is 2. The lowest BCUT2D eigenvalue weighted by atomic mass is 10.1. The highest BCUT2D eigenvalue weighted by atomic mass is 79.9. The molecule has 0 atom stereocenters. The van der Waals surface area contributed by atoms with Gasteiger partial charge in [-0.25, -0.2) is 0 Å². The molecule has 0 spiro atoms. The number of benzene rings is 2. The van der Waals surface area contributed by atoms with Gasteiger partial charge in [0.2, 0.25) is 0 Å². The van der Waals surface area contributed by atoms with Crippen LogP contribution in [-0.2, 0) is 4.74 Å². The molecular weight excluding hydrogens is 554 g/mol. The largest absolute Gasteiger partial charge is 0.381 e. The van der Waals surface area contributed by atoms with Gasteiger partial charge in [-0.15, -0.1) is 0 Å². The van der Waals surface area contributed by atoms with E-state index in [0.717, 1.165) is 56.3 Å². The Morgan fingerprint density at radius 2 is 1.44 bits per heavy atom. The number of methoxy groups -OCH3 is 1. The summed E-state index contributed by atoms with van der Waals surface area (Å²) in [5.41, 5.74) is 3.25. The molecule has 3 heterocycles. The van der Waals surface area contributed by atoms with E-state index < -0.39 is 0 Å². The van der Waals surface area contributed by atoms with E-state index in [1.165, 1.54) is 11.1 Å². The first-order chi connectivity index (χ1) is 15.0. The van der Waals surface area contributed by atoms with Crippen LogP contribution in [0.4, 0.5) is 5.69 Å². The molecule has 0 radical (unpaired) electrons. The average molecular weight is 580 g/mol. The lowest BCUT2D eigenvalue weighted by Crippen LogP contribution is -2.36. The molecule has 0 N–H and O–H groups in total. The van der Waals surface area contributed by atoms with Crippen molar-refractivity contribution in [2.75, 3.05) is 25.1 Å². The minimum absolute atomic E-state index is 0. The van der Waals surface area contributed by atoms with Crippen molar-refractivity contribution in [3.8, 4) is 0 Å². The summed E-state index contributed by atoms with van der Waals surface area (Å²) in [6.07, 6.45) is 6.20. The molecule has 1 saturated heterocycles. The molecule has 1 aliphatic heterocycles. The number of aromatic nitrogens is 2. The highest BCUT2D eigenvalue weighted by Crippen LogP contribution is 2.30. The molecule has 1 fully saturated rings. The Labute approximate surface area is 211 Å². The van der Waals surface area contributed by atoms with Crippen molar-refractivity contribution in [1.29, 1.82) is 0 Å². The van der Waals surface area contributed by atoms with E-state index in [2.05, 4.69) is 64.9 Å². The number of halogens is 3. The van der Waals surface area contributed by atoms with Gasteiger partial charge >= 0.3 is 0 Å². The molecule has 32 heavy (non-hydrogen) atoms. The third-order valence-corrected chi connectivity index (χ3v) is 6.76. The molecule has 4 nitrogen and oxygen atoms in total. The Kier molecular flexibility index (Phi) is 8.88. The molecule has 1 aliphatic rings. The smallest absolute Gasteiger partial charge is 0.0723 e. The van der Waals surface area contributed by atoms with Gasteiger partial charge in [-0.3, -0.25) is 9.97 Å². The summed E-state index contributed by atoms with van der Waals surface area (Å²) in [5.74, 6) is 0. The zero-order chi connectivity index (χ0) is 21.8. The SMILES string of the molecule is C.COC1CCN(c2ccnc3ccc(Br)cc23)CC1.Clc1ccnc2ccc(Br)cc12. The van der Waals surface area contributed by atoms with E-state index in [4.69, 9.17) is 16.3 Å². The fourth-order valence-electron chi connectivity index (χ4n) is 3.80. The topological polar surface area (TPSA) is 38.2 Å². The van der Waals surface area contributed by atoms with Crippen molar-refractivity contribution in [3.63, 3.8) is 0 Å². The lowest BCUT2D eigenvalue weighted by Gasteiger charge is -2.33. The summed E-state index contributed by atoms with van der Waals surface area (Å²) in [7, 11) is 1.80. The Balaban J connectivity index is 0.000000193. The summed E-state index contributed by atoms with van der Waals surface area (Å²) in [4.78, 5) is 11.1. The third-order valence-electron chi connectivity index (χ3n) is 5.45. The van der Waals surface area contributed by atoms with Crippen LogP contribution in [0.1, 0.15) is 20.3 Å². The fraction of sp³-hybridized carbons (Fsp3) is 0.280. The predicted molar refractivity (Wildman–Crippen MR) is 143 cm³/mol. The van der Waals surface area contributed by atoms with Crippen molar-refractivity contribution in [2.24, 2.45) is 0 Å². The average Bonchev–Trinajstić information content (AvgIpc) is 2.80. The van der Waals surface area contributed by atoms with Crippen LogP contribution in [0.2, 0.25) is 5.02 Å². The second-order valence-electron chi connectivity index (χ2n) is 7.37. The monoisotopic (exact) mass is 577 g/mol.